The average Bonchev–Trinajstić information content (AvgIpc) is 1.46. The number of carbonyl (C=O) groups is 7. The molecule has 3 fully saturated rings. The van der Waals surface area contributed by atoms with Gasteiger partial charge in [0.15, 0.2) is 12.1 Å². The molecule has 1 aliphatic carbocycles. The van der Waals surface area contributed by atoms with Crippen molar-refractivity contribution in [2.75, 3.05) is 83.9 Å². The van der Waals surface area contributed by atoms with Crippen molar-refractivity contribution in [2.45, 2.75) is 166 Å². The molecular formula is C74H104N10O12S2Si. The molecule has 2 aromatic rings. The number of aliphatic imine (C=N–C) groups is 1. The van der Waals surface area contributed by atoms with E-state index in [1.165, 1.54) is 66.2 Å². The summed E-state index contributed by atoms with van der Waals surface area (Å²) in [6, 6.07) is 22.2. The van der Waals surface area contributed by atoms with E-state index in [0.29, 0.717) is 42.7 Å². The van der Waals surface area contributed by atoms with Crippen LogP contribution in [0.4, 0.5) is 4.79 Å². The first-order chi connectivity index (χ1) is 47.5. The van der Waals surface area contributed by atoms with Crippen LogP contribution in [0.2, 0.25) is 5.04 Å². The quantitative estimate of drug-likeness (QED) is 0.0205. The lowest BCUT2D eigenvalue weighted by molar-refractivity contribution is -0.138. The maximum atomic E-state index is 14.2. The number of aliphatic hydroxyl groups excluding tert-OH is 1. The predicted octanol–water partition coefficient (Wildman–Crippen LogP) is 6.13. The van der Waals surface area contributed by atoms with Gasteiger partial charge >= 0.3 is 6.09 Å². The number of ketones is 2. The normalized spacial score (nSPS) is 28.1. The molecule has 8 N–H and O–H groups in total. The van der Waals surface area contributed by atoms with Crippen LogP contribution in [0.25, 0.3) is 0 Å². The highest BCUT2D eigenvalue weighted by atomic mass is 32.2. The van der Waals surface area contributed by atoms with Crippen LogP contribution in [-0.4, -0.2) is 207 Å². The number of carbonyl (C=O) groups excluding carboxylic acids is 7. The molecule has 9 rings (SSSR count). The lowest BCUT2D eigenvalue weighted by Gasteiger charge is -2.44. The highest BCUT2D eigenvalue weighted by Crippen LogP contribution is 2.38. The van der Waals surface area contributed by atoms with Crippen LogP contribution in [0.5, 0.6) is 0 Å². The van der Waals surface area contributed by atoms with E-state index >= 15 is 0 Å². The first-order valence-corrected chi connectivity index (χ1v) is 39.3. The molecule has 2 bridgehead atoms. The van der Waals surface area contributed by atoms with Gasteiger partial charge in [0, 0.05) is 120 Å². The van der Waals surface area contributed by atoms with E-state index in [1.807, 2.05) is 18.7 Å². The minimum atomic E-state index is -2.67. The van der Waals surface area contributed by atoms with E-state index in [2.05, 4.69) is 124 Å². The van der Waals surface area contributed by atoms with Gasteiger partial charge < -0.3 is 65.9 Å². The smallest absolute Gasteiger partial charge is 0.405 e. The van der Waals surface area contributed by atoms with Gasteiger partial charge in [-0.25, -0.2) is 9.79 Å². The van der Waals surface area contributed by atoms with Gasteiger partial charge in [-0.2, -0.15) is 11.8 Å². The molecule has 2 aromatic carbocycles. The van der Waals surface area contributed by atoms with Crippen LogP contribution in [-0.2, 0) is 47.4 Å². The van der Waals surface area contributed by atoms with Crippen LogP contribution in [0.1, 0.15) is 113 Å². The standard InChI is InChI=1S/C74H104N10O12S2Si/c1-47-37-57-66(59(85)41-58(68(57)89)81-70(90)48(2)19-16-24-60(93-8)69(96-72(75)92)50(4)39-49(3)67(88)61(38-47)94-9)77-31-18-30-76-64(86)25-17-32-84-65(87)42-62(71(84)91)98-46-54-28-34-82-33-26-51(40-63(82)78-54)44-97-45-53-29-36-83-35-27-52(79-73(83)80-53)43-95-99(74(5,6)7,55-20-12-10-13-21-55)56-22-14-11-15-23-56/h10-16,19-24,39-41,47,49,51-54,60-62,67,69,77-78,88H,17-18,25-38,42-46H2,1-9H3,(H2,75,92)(H,76,86)(H,79,80)(H,81,90)/b24-16-,48-19+,50-39+/t47-,49+,51-,52-,53-,54-,60-,61+,62?,67-,69+/m1/s1. The van der Waals surface area contributed by atoms with Crippen LogP contribution < -0.4 is 42.7 Å². The van der Waals surface area contributed by atoms with Crippen molar-refractivity contribution in [1.29, 1.82) is 0 Å². The van der Waals surface area contributed by atoms with Gasteiger partial charge in [0.25, 0.3) is 14.2 Å². The van der Waals surface area contributed by atoms with Crippen molar-refractivity contribution < 1.29 is 57.3 Å². The second-order valence-electron chi connectivity index (χ2n) is 28.3. The Kier molecular flexibility index (Phi) is 27.4. The molecule has 538 valence electrons. The fraction of sp³-hybridized carbons (Fsp3) is 0.568. The zero-order valence-electron chi connectivity index (χ0n) is 59.1. The lowest BCUT2D eigenvalue weighted by Crippen LogP contribution is -2.67. The number of nitrogens with zero attached hydrogens (tertiary/aromatic N) is 4. The Balaban J connectivity index is 0.696. The topological polar surface area (TPSA) is 285 Å². The molecule has 5 amide bonds. The number of rotatable bonds is 24. The second kappa shape index (κ2) is 35.5. The minimum absolute atomic E-state index is 0.0730. The van der Waals surface area contributed by atoms with Gasteiger partial charge in [0.1, 0.15) is 6.10 Å². The molecule has 3 saturated heterocycles. The molecule has 11 atom stereocenters. The largest absolute Gasteiger partial charge is 0.439 e. The van der Waals surface area contributed by atoms with Gasteiger partial charge in [0.2, 0.25) is 29.3 Å². The number of aliphatic hydroxyl groups is 1. The van der Waals surface area contributed by atoms with Gasteiger partial charge in [0.05, 0.1) is 47.3 Å². The fourth-order valence-electron chi connectivity index (χ4n) is 14.4. The highest BCUT2D eigenvalue weighted by Gasteiger charge is 2.51. The Hall–Kier alpha value is -7.00. The van der Waals surface area contributed by atoms with Crippen molar-refractivity contribution >= 4 is 89.5 Å². The van der Waals surface area contributed by atoms with Crippen LogP contribution in [0.15, 0.2) is 136 Å². The number of nitrogens with two attached hydrogens (primary N) is 1. The number of thioether (sulfide) groups is 2. The Morgan fingerprint density at radius 2 is 1.52 bits per heavy atom. The summed E-state index contributed by atoms with van der Waals surface area (Å²) in [6.07, 6.45) is 10.6. The zero-order chi connectivity index (χ0) is 71.0. The van der Waals surface area contributed by atoms with Gasteiger partial charge in [-0.15, -0.1) is 11.8 Å². The highest BCUT2D eigenvalue weighted by molar-refractivity contribution is 8.00. The number of allylic oxidation sites excluding steroid dienone is 5. The third-order valence-corrected chi connectivity index (χ3v) is 27.5. The number of hydrogen-bond acceptors (Lipinski definition) is 20. The number of guanidine groups is 1. The molecule has 0 saturated carbocycles. The molecule has 0 aromatic heterocycles. The molecule has 6 heterocycles. The number of nitrogens with one attached hydrogen (secondary N) is 5. The third-order valence-electron chi connectivity index (χ3n) is 19.8. The fourth-order valence-corrected chi connectivity index (χ4v) is 21.4. The van der Waals surface area contributed by atoms with Crippen molar-refractivity contribution in [3.63, 3.8) is 0 Å². The number of primary amides is 1. The maximum Gasteiger partial charge on any atom is 0.405 e. The number of imide groups is 1. The summed E-state index contributed by atoms with van der Waals surface area (Å²) in [4.78, 5) is 105. The summed E-state index contributed by atoms with van der Waals surface area (Å²) in [5.41, 5.74) is 6.22. The van der Waals surface area contributed by atoms with Crippen molar-refractivity contribution in [1.82, 2.24) is 41.3 Å². The molecule has 22 nitrogen and oxygen atoms in total. The minimum Gasteiger partial charge on any atom is -0.439 e. The van der Waals surface area contributed by atoms with E-state index in [4.69, 9.17) is 29.4 Å². The average molecular weight is 1420 g/mol. The van der Waals surface area contributed by atoms with Gasteiger partial charge in [-0.1, -0.05) is 120 Å². The third kappa shape index (κ3) is 19.8. The molecule has 7 aliphatic rings. The number of amides is 5. The Morgan fingerprint density at radius 1 is 0.828 bits per heavy atom. The van der Waals surface area contributed by atoms with E-state index in [9.17, 15) is 38.7 Å². The first kappa shape index (κ1) is 76.2. The van der Waals surface area contributed by atoms with Crippen LogP contribution in [0.3, 0.4) is 0 Å². The summed E-state index contributed by atoms with van der Waals surface area (Å²) in [7, 11) is 0.224. The first-order valence-electron chi connectivity index (χ1n) is 35.2. The van der Waals surface area contributed by atoms with E-state index < -0.39 is 67.5 Å². The second-order valence-corrected chi connectivity index (χ2v) is 34.9. The van der Waals surface area contributed by atoms with E-state index in [-0.39, 0.29) is 109 Å². The van der Waals surface area contributed by atoms with Crippen LogP contribution in [0, 0.1) is 17.8 Å². The van der Waals surface area contributed by atoms with Crippen molar-refractivity contribution in [3.8, 4) is 0 Å². The zero-order valence-corrected chi connectivity index (χ0v) is 61.7. The predicted molar refractivity (Wildman–Crippen MR) is 391 cm³/mol. The summed E-state index contributed by atoms with van der Waals surface area (Å²) >= 11 is 3.55. The number of benzene rings is 2. The van der Waals surface area contributed by atoms with Gasteiger partial charge in [-0.3, -0.25) is 33.7 Å². The Labute approximate surface area is 593 Å². The summed E-state index contributed by atoms with van der Waals surface area (Å²) in [5, 5.41) is 29.8. The number of hydrogen-bond donors (Lipinski definition) is 7. The molecule has 6 aliphatic heterocycles. The van der Waals surface area contributed by atoms with Crippen molar-refractivity contribution in [2.24, 2.45) is 28.5 Å². The number of Topliss-reactive ketones (excluding diaryl/α,β-unsaturated/α-hetero) is 1. The van der Waals surface area contributed by atoms with E-state index in [1.54, 1.807) is 26.0 Å². The number of methoxy groups -OCH3 is 2. The van der Waals surface area contributed by atoms with Crippen molar-refractivity contribution in [3.05, 3.63) is 131 Å². The number of ether oxygens (including phenoxy) is 3. The molecule has 0 spiro atoms. The van der Waals surface area contributed by atoms with Gasteiger partial charge in [-0.05, 0) is 110 Å². The molecule has 99 heavy (non-hydrogen) atoms. The SMILES string of the molecule is CO[C@H]1C[C@H](C)CC2=C(NCCCNC(=O)CCCN3C(=O)CC(SC[C@H]4CCN5CC[C@@H](CSC[C@H]6CCN7CC[C@H](CO[Si](c8ccccc8)(c8ccccc8)C(C)(C)C)N=C7N6)C=C5N4)C3=O)C(=O)C=C(NC(=O)/C(C)=C/C=C\[C@@H](OC)[C@@H](OC(N)=O)/C(C)=C/[C@H](C)[C@H]1O)C2=O. The summed E-state index contributed by atoms with van der Waals surface area (Å²) in [6.45, 7) is 19.0. The molecule has 1 unspecified atom stereocenters. The molecular weight excluding hydrogens is 1310 g/mol. The lowest BCUT2D eigenvalue weighted by atomic mass is 9.85. The Morgan fingerprint density at radius 3 is 2.20 bits per heavy atom. The van der Waals surface area contributed by atoms with Crippen LogP contribution >= 0.6 is 23.5 Å². The summed E-state index contributed by atoms with van der Waals surface area (Å²) in [5.74, 6) is 2.16. The Bertz CT molecular complexity index is 3390. The maximum absolute atomic E-state index is 14.2. The number of fused-ring (bicyclic) bond motifs is 4. The number of likely N-dealkylation sites (tertiary alicyclic amines) is 1. The molecule has 0 radical (unpaired) electrons. The monoisotopic (exact) mass is 1420 g/mol. The molecule has 25 heteroatoms. The van der Waals surface area contributed by atoms with E-state index in [0.717, 1.165) is 75.4 Å². The summed E-state index contributed by atoms with van der Waals surface area (Å²) < 4.78 is 24.2.